The van der Waals surface area contributed by atoms with Gasteiger partial charge in [0, 0.05) is 0 Å². The summed E-state index contributed by atoms with van der Waals surface area (Å²) in [5.41, 5.74) is 2.25. The fraction of sp³-hybridized carbons (Fsp3) is 0. The summed E-state index contributed by atoms with van der Waals surface area (Å²) < 4.78 is 1.71. The second kappa shape index (κ2) is 4.62. The van der Waals surface area contributed by atoms with Gasteiger partial charge in [0.25, 0.3) is 5.78 Å². The van der Waals surface area contributed by atoms with E-state index >= 15 is 0 Å². The number of nitrogens with zero attached hydrogens (tertiary/aromatic N) is 2. The molecule has 0 amide bonds. The maximum absolute atomic E-state index is 11.8. The molecule has 0 unspecified atom stereocenters. The number of ketones is 1. The Bertz CT molecular complexity index is 821. The van der Waals surface area contributed by atoms with Crippen molar-refractivity contribution in [2.24, 2.45) is 0 Å². The normalized spacial score (nSPS) is 10.6. The second-order valence-corrected chi connectivity index (χ2v) is 4.25. The zero-order valence-electron chi connectivity index (χ0n) is 10.4. The van der Waals surface area contributed by atoms with Crippen LogP contribution in [0.4, 0.5) is 0 Å². The zero-order valence-corrected chi connectivity index (χ0v) is 10.4. The second-order valence-electron chi connectivity index (χ2n) is 4.25. The third kappa shape index (κ3) is 1.85. The Morgan fingerprint density at radius 1 is 1.00 bits per heavy atom. The predicted molar refractivity (Wildman–Crippen MR) is 73.0 cm³/mol. The van der Waals surface area contributed by atoms with Gasteiger partial charge in [-0.15, -0.1) is 0 Å². The summed E-state index contributed by atoms with van der Waals surface area (Å²) in [7, 11) is 0. The number of aliphatic carboxylic acids is 1. The molecule has 0 bridgehead atoms. The summed E-state index contributed by atoms with van der Waals surface area (Å²) in [6, 6.07) is 14.0. The monoisotopic (exact) mass is 266 g/mol. The van der Waals surface area contributed by atoms with Gasteiger partial charge in [0.05, 0.1) is 22.3 Å². The van der Waals surface area contributed by atoms with E-state index in [1.165, 1.54) is 6.07 Å². The number of imidazole rings is 1. The molecule has 5 nitrogen and oxygen atoms in total. The van der Waals surface area contributed by atoms with Crippen LogP contribution in [0.3, 0.4) is 0 Å². The number of benzene rings is 2. The van der Waals surface area contributed by atoms with Crippen molar-refractivity contribution in [2.75, 3.05) is 0 Å². The molecule has 0 spiro atoms. The highest BCUT2D eigenvalue weighted by molar-refractivity contribution is 6.40. The van der Waals surface area contributed by atoms with Gasteiger partial charge >= 0.3 is 5.97 Å². The lowest BCUT2D eigenvalue weighted by Crippen LogP contribution is -2.15. The molecule has 3 aromatic rings. The van der Waals surface area contributed by atoms with Gasteiger partial charge < -0.3 is 5.11 Å². The first-order valence-electron chi connectivity index (χ1n) is 5.97. The summed E-state index contributed by atoms with van der Waals surface area (Å²) >= 11 is 0. The molecule has 2 aromatic carbocycles. The molecule has 5 heteroatoms. The van der Waals surface area contributed by atoms with E-state index in [-0.39, 0.29) is 5.56 Å². The number of rotatable bonds is 3. The van der Waals surface area contributed by atoms with Gasteiger partial charge in [-0.1, -0.05) is 24.3 Å². The van der Waals surface area contributed by atoms with Crippen LogP contribution in [0.2, 0.25) is 0 Å². The van der Waals surface area contributed by atoms with Gasteiger partial charge in [0.15, 0.2) is 0 Å². The average Bonchev–Trinajstić information content (AvgIpc) is 2.90. The highest BCUT2D eigenvalue weighted by atomic mass is 16.4. The van der Waals surface area contributed by atoms with E-state index in [2.05, 4.69) is 4.98 Å². The van der Waals surface area contributed by atoms with E-state index in [0.29, 0.717) is 5.69 Å². The number of para-hydroxylation sites is 3. The van der Waals surface area contributed by atoms with Gasteiger partial charge in [-0.2, -0.15) is 0 Å². The van der Waals surface area contributed by atoms with Crippen molar-refractivity contribution in [3.63, 3.8) is 0 Å². The molecule has 0 aliphatic heterocycles. The molecule has 0 saturated carbocycles. The van der Waals surface area contributed by atoms with Gasteiger partial charge in [-0.25, -0.2) is 9.78 Å². The zero-order chi connectivity index (χ0) is 14.1. The smallest absolute Gasteiger partial charge is 0.377 e. The minimum atomic E-state index is -1.47. The van der Waals surface area contributed by atoms with Crippen molar-refractivity contribution in [3.05, 3.63) is 60.4 Å². The molecule has 1 aromatic heterocycles. The molecule has 0 fully saturated rings. The molecule has 1 heterocycles. The summed E-state index contributed by atoms with van der Waals surface area (Å²) in [6.07, 6.45) is 1.58. The fourth-order valence-electron chi connectivity index (χ4n) is 2.14. The van der Waals surface area contributed by atoms with Crippen LogP contribution in [0.5, 0.6) is 0 Å². The van der Waals surface area contributed by atoms with Crippen LogP contribution in [0.15, 0.2) is 54.9 Å². The first-order valence-corrected chi connectivity index (χ1v) is 5.97. The minimum absolute atomic E-state index is 0.142. The van der Waals surface area contributed by atoms with Crippen molar-refractivity contribution >= 4 is 22.8 Å². The number of carboxylic acids is 1. The third-order valence-electron chi connectivity index (χ3n) is 3.06. The Hall–Kier alpha value is -2.95. The number of carboxylic acid groups (broad SMARTS) is 1. The highest BCUT2D eigenvalue weighted by Crippen LogP contribution is 2.21. The SMILES string of the molecule is O=C(O)C(=O)c1ccccc1-n1cnc2ccccc21. The lowest BCUT2D eigenvalue weighted by atomic mass is 10.1. The first kappa shape index (κ1) is 12.1. The van der Waals surface area contributed by atoms with Gasteiger partial charge in [-0.05, 0) is 24.3 Å². The largest absolute Gasteiger partial charge is 0.475 e. The van der Waals surface area contributed by atoms with Gasteiger partial charge in [0.1, 0.15) is 6.33 Å². The van der Waals surface area contributed by atoms with E-state index in [0.717, 1.165) is 11.0 Å². The Labute approximate surface area is 114 Å². The van der Waals surface area contributed by atoms with Crippen molar-refractivity contribution < 1.29 is 14.7 Å². The summed E-state index contributed by atoms with van der Waals surface area (Å²) in [6.45, 7) is 0. The van der Waals surface area contributed by atoms with E-state index < -0.39 is 11.8 Å². The maximum Gasteiger partial charge on any atom is 0.377 e. The van der Waals surface area contributed by atoms with Crippen LogP contribution in [-0.2, 0) is 4.79 Å². The van der Waals surface area contributed by atoms with Gasteiger partial charge in [-0.3, -0.25) is 9.36 Å². The Morgan fingerprint density at radius 3 is 2.50 bits per heavy atom. The van der Waals surface area contributed by atoms with Crippen LogP contribution >= 0.6 is 0 Å². The number of Topliss-reactive ketones (excluding diaryl/α,β-unsaturated/α-hetero) is 1. The van der Waals surface area contributed by atoms with E-state index in [1.807, 2.05) is 24.3 Å². The summed E-state index contributed by atoms with van der Waals surface area (Å²) in [4.78, 5) is 26.9. The molecule has 1 N–H and O–H groups in total. The van der Waals surface area contributed by atoms with E-state index in [1.54, 1.807) is 29.1 Å². The molecule has 20 heavy (non-hydrogen) atoms. The number of aromatic nitrogens is 2. The Balaban J connectivity index is 2.25. The van der Waals surface area contributed by atoms with Crippen LogP contribution in [0.1, 0.15) is 10.4 Å². The van der Waals surface area contributed by atoms with Crippen LogP contribution in [0.25, 0.3) is 16.7 Å². The molecule has 0 aliphatic rings. The van der Waals surface area contributed by atoms with E-state index in [4.69, 9.17) is 5.11 Å². The van der Waals surface area contributed by atoms with Gasteiger partial charge in [0.2, 0.25) is 0 Å². The third-order valence-corrected chi connectivity index (χ3v) is 3.06. The molecular weight excluding hydrogens is 256 g/mol. The number of fused-ring (bicyclic) bond motifs is 1. The number of hydrogen-bond donors (Lipinski definition) is 1. The lowest BCUT2D eigenvalue weighted by Gasteiger charge is -2.08. The molecule has 0 aliphatic carbocycles. The van der Waals surface area contributed by atoms with Crippen molar-refractivity contribution in [1.29, 1.82) is 0 Å². The van der Waals surface area contributed by atoms with Crippen LogP contribution in [0, 0.1) is 0 Å². The van der Waals surface area contributed by atoms with Crippen LogP contribution in [-0.4, -0.2) is 26.4 Å². The fourth-order valence-corrected chi connectivity index (χ4v) is 2.14. The summed E-state index contributed by atoms with van der Waals surface area (Å²) in [5.74, 6) is -2.40. The summed E-state index contributed by atoms with van der Waals surface area (Å²) in [5, 5.41) is 8.90. The molecular formula is C15H10N2O3. The van der Waals surface area contributed by atoms with Crippen LogP contribution < -0.4 is 0 Å². The van der Waals surface area contributed by atoms with E-state index in [9.17, 15) is 9.59 Å². The first-order chi connectivity index (χ1) is 9.68. The molecule has 0 saturated heterocycles. The highest BCUT2D eigenvalue weighted by Gasteiger charge is 2.19. The topological polar surface area (TPSA) is 72.2 Å². The molecule has 98 valence electrons. The lowest BCUT2D eigenvalue weighted by molar-refractivity contribution is -0.131. The van der Waals surface area contributed by atoms with Crippen molar-refractivity contribution in [3.8, 4) is 5.69 Å². The molecule has 3 rings (SSSR count). The Morgan fingerprint density at radius 2 is 1.70 bits per heavy atom. The minimum Gasteiger partial charge on any atom is -0.475 e. The standard InChI is InChI=1S/C15H10N2O3/c18-14(15(19)20)10-5-1-3-7-12(10)17-9-16-11-6-2-4-8-13(11)17/h1-9H,(H,19,20). The van der Waals surface area contributed by atoms with Crippen molar-refractivity contribution in [2.45, 2.75) is 0 Å². The average molecular weight is 266 g/mol. The molecule has 0 atom stereocenters. The predicted octanol–water partition coefficient (Wildman–Crippen LogP) is 2.29. The maximum atomic E-state index is 11.8. The number of carbonyl (C=O) groups excluding carboxylic acids is 1. The number of carbonyl (C=O) groups is 2. The Kier molecular flexibility index (Phi) is 2.80. The number of hydrogen-bond acceptors (Lipinski definition) is 3. The van der Waals surface area contributed by atoms with Crippen molar-refractivity contribution in [1.82, 2.24) is 9.55 Å². The quantitative estimate of drug-likeness (QED) is 0.583. The molecule has 0 radical (unpaired) electrons.